The maximum Gasteiger partial charge on any atom is 0.317 e. The van der Waals surface area contributed by atoms with Crippen molar-refractivity contribution in [2.45, 2.75) is 31.9 Å². The number of carbonyl (C=O) groups excluding carboxylic acids is 1. The van der Waals surface area contributed by atoms with Gasteiger partial charge in [0.1, 0.15) is 0 Å². The molecule has 1 fully saturated rings. The Kier molecular flexibility index (Phi) is 5.87. The Morgan fingerprint density at radius 3 is 2.83 bits per heavy atom. The molecule has 1 aliphatic heterocycles. The van der Waals surface area contributed by atoms with Gasteiger partial charge in [-0.05, 0) is 13.3 Å². The fraction of sp³-hybridized carbons (Fsp3) is 0.818. The number of amides is 2. The molecule has 0 aromatic heterocycles. The normalized spacial score (nSPS) is 23.8. The van der Waals surface area contributed by atoms with E-state index in [1.54, 1.807) is 4.90 Å². The van der Waals surface area contributed by atoms with Crippen molar-refractivity contribution in [3.63, 3.8) is 0 Å². The van der Waals surface area contributed by atoms with Crippen LogP contribution in [0.4, 0.5) is 4.79 Å². The Hall–Kier alpha value is -1.34. The van der Waals surface area contributed by atoms with Gasteiger partial charge in [-0.15, -0.1) is 0 Å². The molecule has 2 amide bonds. The fourth-order valence-corrected chi connectivity index (χ4v) is 1.75. The number of aliphatic hydroxyl groups excluding tert-OH is 1. The number of carbonyl (C=O) groups is 2. The average molecular weight is 260 g/mol. The minimum absolute atomic E-state index is 0.0399. The first-order chi connectivity index (χ1) is 8.54. The number of rotatable bonds is 5. The molecule has 0 radical (unpaired) electrons. The molecule has 1 rings (SSSR count). The number of aliphatic carboxylic acids is 1. The highest BCUT2D eigenvalue weighted by Gasteiger charge is 2.28. The lowest BCUT2D eigenvalue weighted by Crippen LogP contribution is -2.55. The number of ether oxygens (including phenoxy) is 1. The summed E-state index contributed by atoms with van der Waals surface area (Å²) in [4.78, 5) is 23.8. The first kappa shape index (κ1) is 14.7. The molecule has 0 bridgehead atoms. The predicted molar refractivity (Wildman–Crippen MR) is 63.3 cm³/mol. The second-order valence-electron chi connectivity index (χ2n) is 4.37. The number of morpholine rings is 1. The third-order valence-electron chi connectivity index (χ3n) is 2.81. The second-order valence-corrected chi connectivity index (χ2v) is 4.37. The number of urea groups is 1. The molecule has 7 heteroatoms. The minimum atomic E-state index is -0.871. The van der Waals surface area contributed by atoms with Crippen molar-refractivity contribution < 1.29 is 24.5 Å². The van der Waals surface area contributed by atoms with E-state index in [1.165, 1.54) is 0 Å². The zero-order valence-corrected chi connectivity index (χ0v) is 10.5. The molecule has 0 aliphatic carbocycles. The molecule has 2 atom stereocenters. The summed E-state index contributed by atoms with van der Waals surface area (Å²) in [5, 5.41) is 20.1. The molecule has 1 aliphatic rings. The molecule has 0 aromatic rings. The van der Waals surface area contributed by atoms with E-state index in [2.05, 4.69) is 5.32 Å². The van der Waals surface area contributed by atoms with E-state index in [9.17, 15) is 9.59 Å². The number of nitrogens with zero attached hydrogens (tertiary/aromatic N) is 1. The number of hydrogen-bond acceptors (Lipinski definition) is 4. The predicted octanol–water partition coefficient (Wildman–Crippen LogP) is -0.358. The van der Waals surface area contributed by atoms with Crippen molar-refractivity contribution in [3.8, 4) is 0 Å². The molecule has 0 spiro atoms. The van der Waals surface area contributed by atoms with Crippen molar-refractivity contribution in [2.75, 3.05) is 26.3 Å². The summed E-state index contributed by atoms with van der Waals surface area (Å²) >= 11 is 0. The summed E-state index contributed by atoms with van der Waals surface area (Å²) in [5.74, 6) is -0.871. The third kappa shape index (κ3) is 4.50. The maximum absolute atomic E-state index is 11.8. The lowest BCUT2D eigenvalue weighted by molar-refractivity contribution is -0.137. The van der Waals surface area contributed by atoms with Crippen LogP contribution in [-0.4, -0.2) is 65.6 Å². The van der Waals surface area contributed by atoms with Crippen LogP contribution in [0, 0.1) is 0 Å². The van der Waals surface area contributed by atoms with E-state index in [-0.39, 0.29) is 31.2 Å². The van der Waals surface area contributed by atoms with Gasteiger partial charge in [-0.25, -0.2) is 4.79 Å². The quantitative estimate of drug-likeness (QED) is 0.586. The molecule has 104 valence electrons. The summed E-state index contributed by atoms with van der Waals surface area (Å²) in [7, 11) is 0. The van der Waals surface area contributed by atoms with E-state index >= 15 is 0 Å². The van der Waals surface area contributed by atoms with Crippen LogP contribution in [0.1, 0.15) is 19.8 Å². The van der Waals surface area contributed by atoms with Gasteiger partial charge in [-0.3, -0.25) is 4.79 Å². The highest BCUT2D eigenvalue weighted by molar-refractivity contribution is 5.74. The molecule has 7 nitrogen and oxygen atoms in total. The van der Waals surface area contributed by atoms with Gasteiger partial charge in [-0.2, -0.15) is 0 Å². The van der Waals surface area contributed by atoms with Gasteiger partial charge in [0.05, 0.1) is 31.9 Å². The van der Waals surface area contributed by atoms with Gasteiger partial charge in [0.25, 0.3) is 0 Å². The van der Waals surface area contributed by atoms with E-state index < -0.39 is 5.97 Å². The monoisotopic (exact) mass is 260 g/mol. The first-order valence-corrected chi connectivity index (χ1v) is 6.03. The van der Waals surface area contributed by atoms with Gasteiger partial charge < -0.3 is 25.2 Å². The van der Waals surface area contributed by atoms with E-state index in [1.807, 2.05) is 6.92 Å². The molecule has 0 saturated carbocycles. The standard InChI is InChI=1S/C11H20N2O5/c1-8-7-18-9(6-14)5-13(8)11(17)12-4-2-3-10(15)16/h8-9,14H,2-7H2,1H3,(H,12,17)(H,15,16). The van der Waals surface area contributed by atoms with Crippen LogP contribution in [0.15, 0.2) is 0 Å². The highest BCUT2D eigenvalue weighted by atomic mass is 16.5. The Morgan fingerprint density at radius 1 is 1.50 bits per heavy atom. The summed E-state index contributed by atoms with van der Waals surface area (Å²) in [6, 6.07) is -0.290. The number of carboxylic acid groups (broad SMARTS) is 1. The SMILES string of the molecule is CC1COC(CO)CN1C(=O)NCCCC(=O)O. The number of hydrogen-bond donors (Lipinski definition) is 3. The fourth-order valence-electron chi connectivity index (χ4n) is 1.75. The summed E-state index contributed by atoms with van der Waals surface area (Å²) in [6.45, 7) is 2.83. The highest BCUT2D eigenvalue weighted by Crippen LogP contribution is 2.11. The van der Waals surface area contributed by atoms with Crippen molar-refractivity contribution in [2.24, 2.45) is 0 Å². The molecule has 18 heavy (non-hydrogen) atoms. The van der Waals surface area contributed by atoms with Crippen LogP contribution in [0.3, 0.4) is 0 Å². The minimum Gasteiger partial charge on any atom is -0.481 e. The topological polar surface area (TPSA) is 99.1 Å². The Morgan fingerprint density at radius 2 is 2.22 bits per heavy atom. The molecule has 2 unspecified atom stereocenters. The third-order valence-corrected chi connectivity index (χ3v) is 2.81. The summed E-state index contributed by atoms with van der Waals surface area (Å²) in [5.41, 5.74) is 0. The van der Waals surface area contributed by atoms with Crippen molar-refractivity contribution in [1.82, 2.24) is 10.2 Å². The van der Waals surface area contributed by atoms with Gasteiger partial charge in [0.15, 0.2) is 0 Å². The molecule has 1 heterocycles. The Bertz CT molecular complexity index is 297. The largest absolute Gasteiger partial charge is 0.481 e. The molecule has 0 aromatic carbocycles. The van der Waals surface area contributed by atoms with Crippen LogP contribution in [0.5, 0.6) is 0 Å². The Balaban J connectivity index is 2.32. The van der Waals surface area contributed by atoms with Gasteiger partial charge in [0.2, 0.25) is 0 Å². The van der Waals surface area contributed by atoms with Crippen LogP contribution in [-0.2, 0) is 9.53 Å². The summed E-state index contributed by atoms with van der Waals surface area (Å²) < 4.78 is 5.33. The van der Waals surface area contributed by atoms with Crippen LogP contribution < -0.4 is 5.32 Å². The zero-order valence-electron chi connectivity index (χ0n) is 10.5. The number of nitrogens with one attached hydrogen (secondary N) is 1. The second kappa shape index (κ2) is 7.17. The van der Waals surface area contributed by atoms with E-state index in [0.717, 1.165) is 0 Å². The van der Waals surface area contributed by atoms with Gasteiger partial charge in [0, 0.05) is 13.0 Å². The Labute approximate surface area is 106 Å². The van der Waals surface area contributed by atoms with Crippen molar-refractivity contribution in [1.29, 1.82) is 0 Å². The molecule has 3 N–H and O–H groups in total. The smallest absolute Gasteiger partial charge is 0.317 e. The van der Waals surface area contributed by atoms with Gasteiger partial charge >= 0.3 is 12.0 Å². The van der Waals surface area contributed by atoms with Crippen LogP contribution >= 0.6 is 0 Å². The molecule has 1 saturated heterocycles. The van der Waals surface area contributed by atoms with E-state index in [4.69, 9.17) is 14.9 Å². The van der Waals surface area contributed by atoms with Crippen molar-refractivity contribution in [3.05, 3.63) is 0 Å². The lowest BCUT2D eigenvalue weighted by atomic mass is 10.2. The van der Waals surface area contributed by atoms with Crippen molar-refractivity contribution >= 4 is 12.0 Å². The van der Waals surface area contributed by atoms with E-state index in [0.29, 0.717) is 26.1 Å². The first-order valence-electron chi connectivity index (χ1n) is 6.03. The lowest BCUT2D eigenvalue weighted by Gasteiger charge is -2.37. The maximum atomic E-state index is 11.8. The molecular weight excluding hydrogens is 240 g/mol. The number of aliphatic hydroxyl groups is 1. The van der Waals surface area contributed by atoms with Crippen LogP contribution in [0.25, 0.3) is 0 Å². The zero-order chi connectivity index (χ0) is 13.5. The average Bonchev–Trinajstić information content (AvgIpc) is 2.34. The molecular formula is C11H20N2O5. The van der Waals surface area contributed by atoms with Gasteiger partial charge in [-0.1, -0.05) is 0 Å². The summed E-state index contributed by atoms with van der Waals surface area (Å²) in [6.07, 6.45) is 0.104. The van der Waals surface area contributed by atoms with Crippen LogP contribution in [0.2, 0.25) is 0 Å². The number of carboxylic acids is 1.